The second-order valence-corrected chi connectivity index (χ2v) is 23.4. The van der Waals surface area contributed by atoms with E-state index in [0.717, 1.165) is 59.2 Å². The quantitative estimate of drug-likeness (QED) is 0.156. The first-order valence-electron chi connectivity index (χ1n) is 27.4. The van der Waals surface area contributed by atoms with Gasteiger partial charge in [-0.3, -0.25) is 0 Å². The number of nitrogens with zero attached hydrogens (tertiary/aromatic N) is 4. The number of imidazole rings is 1. The van der Waals surface area contributed by atoms with Crippen LogP contribution in [0.15, 0.2) is 200 Å². The third-order valence-electron chi connectivity index (χ3n) is 15.8. The molecule has 0 atom stereocenters. The van der Waals surface area contributed by atoms with Gasteiger partial charge in [-0.2, -0.15) is 0 Å². The molecule has 0 saturated carbocycles. The molecule has 0 unspecified atom stereocenters. The molecule has 9 aromatic carbocycles. The fourth-order valence-corrected chi connectivity index (χ4v) is 13.3. The first kappa shape index (κ1) is 43.2. The summed E-state index contributed by atoms with van der Waals surface area (Å²) < 4.78 is 41.2. The van der Waals surface area contributed by atoms with E-state index in [2.05, 4.69) is 226 Å². The number of para-hydroxylation sites is 2. The van der Waals surface area contributed by atoms with Crippen LogP contribution in [0.1, 0.15) is 84.6 Å². The van der Waals surface area contributed by atoms with E-state index < -0.39 is 12.3 Å². The van der Waals surface area contributed by atoms with E-state index in [0.29, 0.717) is 28.4 Å². The minimum absolute atomic E-state index is 0.0525. The topological polar surface area (TPSA) is 36.9 Å². The Balaban J connectivity index is 0.959. The summed E-state index contributed by atoms with van der Waals surface area (Å²) in [6.45, 7) is 11.2. The van der Waals surface area contributed by atoms with Crippen LogP contribution in [-0.4, -0.2) is 18.7 Å². The zero-order valence-electron chi connectivity index (χ0n) is 46.1. The molecule has 14 rings (SSSR count). The Morgan fingerprint density at radius 1 is 0.500 bits per heavy atom. The molecule has 3 aromatic heterocycles. The summed E-state index contributed by atoms with van der Waals surface area (Å²) in [5, 5.41) is 1.92. The fraction of sp³-hybridized carbons (Fsp3) is 0.143. The van der Waals surface area contributed by atoms with E-state index >= 15 is 0 Å². The van der Waals surface area contributed by atoms with Crippen LogP contribution in [0.25, 0.3) is 83.4 Å². The van der Waals surface area contributed by atoms with Gasteiger partial charge in [0.1, 0.15) is 0 Å². The van der Waals surface area contributed by atoms with E-state index in [1.807, 2.05) is 48.5 Å². The van der Waals surface area contributed by atoms with Crippen molar-refractivity contribution in [1.82, 2.24) is 18.7 Å². The van der Waals surface area contributed by atoms with Crippen molar-refractivity contribution in [2.75, 3.05) is 0 Å². The van der Waals surface area contributed by atoms with Crippen molar-refractivity contribution in [3.63, 3.8) is 0 Å². The average Bonchev–Trinajstić information content (AvgIpc) is 2.62. The summed E-state index contributed by atoms with van der Waals surface area (Å²) in [4.78, 5) is 5.16. The molecule has 0 amide bonds. The Bertz CT molecular complexity index is 4490. The van der Waals surface area contributed by atoms with E-state index in [1.54, 1.807) is 12.3 Å². The normalized spacial score (nSPS) is 14.1. The van der Waals surface area contributed by atoms with Gasteiger partial charge in [0.25, 0.3) is 0 Å². The van der Waals surface area contributed by atoms with Gasteiger partial charge in [-0.05, 0) is 62.5 Å². The Kier molecular flexibility index (Phi) is 9.63. The number of aromatic nitrogens is 4. The van der Waals surface area contributed by atoms with Crippen LogP contribution < -0.4 is 4.74 Å². The second-order valence-electron chi connectivity index (χ2n) is 22.3. The van der Waals surface area contributed by atoms with Crippen molar-refractivity contribution >= 4 is 32.8 Å². The van der Waals surface area contributed by atoms with Gasteiger partial charge in [0, 0.05) is 15.9 Å². The van der Waals surface area contributed by atoms with Gasteiger partial charge in [-0.1, -0.05) is 103 Å². The van der Waals surface area contributed by atoms with Crippen LogP contribution in [0, 0.1) is 22.8 Å². The Labute approximate surface area is 459 Å². The molecule has 3 heterocycles. The summed E-state index contributed by atoms with van der Waals surface area (Å²) in [7, 11) is 0. The van der Waals surface area contributed by atoms with Crippen LogP contribution in [0.5, 0.6) is 11.5 Å². The van der Waals surface area contributed by atoms with E-state index in [1.165, 1.54) is 44.5 Å². The molecular weight excluding hydrogens is 1110 g/mol. The third kappa shape index (κ3) is 6.94. The Morgan fingerprint density at radius 3 is 1.74 bits per heavy atom. The smallest absolute Gasteiger partial charge is 0.0622 e. The Hall–Kier alpha value is -8.11. The summed E-state index contributed by atoms with van der Waals surface area (Å²) in [5.41, 5.74) is 18.7. The molecule has 76 heavy (non-hydrogen) atoms. The summed E-state index contributed by atoms with van der Waals surface area (Å²) in [6, 6.07) is 75.4. The Morgan fingerprint density at radius 2 is 1.09 bits per heavy atom. The van der Waals surface area contributed by atoms with Crippen molar-refractivity contribution < 1.29 is 28.2 Å². The number of hydrogen-bond donors (Lipinski definition) is 0. The van der Waals surface area contributed by atoms with Gasteiger partial charge in [0.05, 0.1) is 5.41 Å². The van der Waals surface area contributed by atoms with Crippen molar-refractivity contribution in [2.24, 2.45) is 0 Å². The average molecular weight is 1170 g/mol. The monoisotopic (exact) mass is 1160 g/mol. The molecular formula is C70H54N4OPt-2. The summed E-state index contributed by atoms with van der Waals surface area (Å²) >= 11 is 2.45. The van der Waals surface area contributed by atoms with Crippen LogP contribution in [0.2, 0.25) is 0 Å². The van der Waals surface area contributed by atoms with Crippen molar-refractivity contribution in [3.05, 3.63) is 255 Å². The molecule has 0 saturated heterocycles. The van der Waals surface area contributed by atoms with Crippen LogP contribution >= 0.6 is 0 Å². The van der Waals surface area contributed by atoms with E-state index in [-0.39, 0.29) is 16.4 Å². The zero-order valence-corrected chi connectivity index (χ0v) is 45.3. The maximum absolute atomic E-state index is 8.90. The molecule has 0 fully saturated rings. The molecule has 0 N–H and O–H groups in total. The molecule has 6 heteroatoms. The molecule has 2 aliphatic carbocycles. The van der Waals surface area contributed by atoms with Crippen LogP contribution in [-0.2, 0) is 35.6 Å². The van der Waals surface area contributed by atoms with Crippen LogP contribution in [0.3, 0.4) is 0 Å². The van der Waals surface area contributed by atoms with E-state index in [4.69, 9.17) is 13.8 Å². The van der Waals surface area contributed by atoms with Crippen molar-refractivity contribution in [3.8, 4) is 62.1 Å². The van der Waals surface area contributed by atoms with Crippen molar-refractivity contribution in [1.29, 1.82) is 0 Å². The molecule has 5 nitrogen and oxygen atoms in total. The van der Waals surface area contributed by atoms with Gasteiger partial charge in [-0.15, -0.1) is 0 Å². The minimum Gasteiger partial charge on any atom is -0.0622 e. The molecule has 372 valence electrons. The second kappa shape index (κ2) is 16.9. The maximum atomic E-state index is 8.90. The SMILES string of the molecule is [2H]C([2H])([2H])c1cc(-n2c3[c-]c(Oc4[c-]c(-n5[c](=[Pt])n(-c6cc(C(C)(C)C)cc(C(C)(C)C)c6)c6ccccc65)ccc4)ccc3c3cc4c(cc32)C2(c3ccccc3-c3ccccc32)c2ccccc2-4)ncc1-c1ccccc1. The van der Waals surface area contributed by atoms with Gasteiger partial charge in [0.2, 0.25) is 0 Å². The van der Waals surface area contributed by atoms with Gasteiger partial charge in [0.15, 0.2) is 0 Å². The summed E-state index contributed by atoms with van der Waals surface area (Å²) in [6.07, 6.45) is 1.71. The summed E-state index contributed by atoms with van der Waals surface area (Å²) in [5.74, 6) is 1.47. The molecule has 0 bridgehead atoms. The number of benzene rings is 9. The minimum atomic E-state index is -2.45. The molecule has 0 aliphatic heterocycles. The predicted octanol–water partition coefficient (Wildman–Crippen LogP) is 17.3. The van der Waals surface area contributed by atoms with Gasteiger partial charge < -0.3 is 0 Å². The molecule has 0 radical (unpaired) electrons. The number of aryl methyl sites for hydroxylation is 1. The standard InChI is InChI=1S/C70H54N4O.Pt/c1-44-34-67(71-42-58(44)45-20-9-8-10-21-45)74-65-39-51(75-50-23-19-22-48(38-50)72-43-73(64-31-18-17-30-63(64)72)49-36-46(68(2,3)4)35-47(37-49)69(5,6)7)32-33-55(65)57-40-56-54-26-13-16-29-61(54)70(62(56)41-66(57)74)59-27-14-11-24-52(59)53-25-12-15-28-60(53)70;/h8-37,40-42H,1-7H3;/q-2;/i1D3;. The first-order valence-corrected chi connectivity index (χ1v) is 27.1. The van der Waals surface area contributed by atoms with Crippen LogP contribution in [0.4, 0.5) is 0 Å². The predicted molar refractivity (Wildman–Crippen MR) is 306 cm³/mol. The third-order valence-corrected chi connectivity index (χ3v) is 16.8. The number of hydrogen-bond acceptors (Lipinski definition) is 2. The van der Waals surface area contributed by atoms with Gasteiger partial charge in [-0.25, -0.2) is 0 Å². The number of pyridine rings is 1. The number of ether oxygens (including phenoxy) is 1. The number of rotatable bonds is 6. The molecule has 1 spiro atoms. The first-order chi connectivity index (χ1) is 38.0. The van der Waals surface area contributed by atoms with E-state index in [9.17, 15) is 0 Å². The number of fused-ring (bicyclic) bond motifs is 14. The van der Waals surface area contributed by atoms with Gasteiger partial charge >= 0.3 is 275 Å². The molecule has 12 aromatic rings. The zero-order chi connectivity index (χ0) is 54.3. The molecule has 2 aliphatic rings. The van der Waals surface area contributed by atoms with Crippen molar-refractivity contribution in [2.45, 2.75) is 64.6 Å². The fourth-order valence-electron chi connectivity index (χ4n) is 12.2.